The van der Waals surface area contributed by atoms with Crippen LogP contribution in [0.15, 0.2) is 6.07 Å². The van der Waals surface area contributed by atoms with Gasteiger partial charge in [-0.1, -0.05) is 6.92 Å². The molecule has 0 aliphatic heterocycles. The Morgan fingerprint density at radius 3 is 2.78 bits per heavy atom. The topological polar surface area (TPSA) is 50.3 Å². The molecule has 0 bridgehead atoms. The number of hydrogen-bond acceptors (Lipinski definition) is 5. The summed E-state index contributed by atoms with van der Waals surface area (Å²) < 4.78 is 4.98. The average molecular weight is 252 g/mol. The molecule has 1 N–H and O–H groups in total. The summed E-state index contributed by atoms with van der Waals surface area (Å²) in [6.45, 7) is 7.52. The highest BCUT2D eigenvalue weighted by atomic mass is 16.5. The van der Waals surface area contributed by atoms with Crippen molar-refractivity contribution in [2.75, 3.05) is 45.3 Å². The van der Waals surface area contributed by atoms with Gasteiger partial charge in [0.2, 0.25) is 0 Å². The van der Waals surface area contributed by atoms with Crippen LogP contribution in [0.4, 0.5) is 5.82 Å². The van der Waals surface area contributed by atoms with Gasteiger partial charge in [0, 0.05) is 45.6 Å². The van der Waals surface area contributed by atoms with Gasteiger partial charge < -0.3 is 15.0 Å². The summed E-state index contributed by atoms with van der Waals surface area (Å²) >= 11 is 0. The van der Waals surface area contributed by atoms with Crippen LogP contribution in [-0.2, 0) is 11.2 Å². The Morgan fingerprint density at radius 2 is 2.11 bits per heavy atom. The summed E-state index contributed by atoms with van der Waals surface area (Å²) in [6, 6.07) is 2.06. The molecule has 0 radical (unpaired) electrons. The summed E-state index contributed by atoms with van der Waals surface area (Å²) in [5.41, 5.74) is 1.09. The number of ether oxygens (including phenoxy) is 1. The van der Waals surface area contributed by atoms with E-state index in [-0.39, 0.29) is 0 Å². The lowest BCUT2D eigenvalue weighted by molar-refractivity contribution is 0.200. The Kier molecular flexibility index (Phi) is 6.60. The maximum atomic E-state index is 4.98. The molecule has 1 heterocycles. The van der Waals surface area contributed by atoms with Crippen LogP contribution in [0.1, 0.15) is 18.4 Å². The van der Waals surface area contributed by atoms with E-state index in [1.807, 2.05) is 6.92 Å². The molecule has 0 aromatic carbocycles. The number of aromatic nitrogens is 2. The number of anilines is 1. The van der Waals surface area contributed by atoms with E-state index in [0.717, 1.165) is 50.0 Å². The quantitative estimate of drug-likeness (QED) is 0.700. The Labute approximate surface area is 110 Å². The summed E-state index contributed by atoms with van der Waals surface area (Å²) in [7, 11) is 3.77. The SMILES string of the molecule is CCc1cc(N(C)CCNCCOC)nc(C)n1. The highest BCUT2D eigenvalue weighted by Crippen LogP contribution is 2.10. The molecule has 0 fully saturated rings. The first kappa shape index (κ1) is 14.9. The van der Waals surface area contributed by atoms with Gasteiger partial charge in [0.1, 0.15) is 11.6 Å². The monoisotopic (exact) mass is 252 g/mol. The van der Waals surface area contributed by atoms with Crippen LogP contribution in [-0.4, -0.2) is 50.4 Å². The van der Waals surface area contributed by atoms with Gasteiger partial charge in [-0.2, -0.15) is 0 Å². The van der Waals surface area contributed by atoms with Crippen molar-refractivity contribution >= 4 is 5.82 Å². The second kappa shape index (κ2) is 8.00. The van der Waals surface area contributed by atoms with E-state index >= 15 is 0 Å². The van der Waals surface area contributed by atoms with E-state index < -0.39 is 0 Å². The van der Waals surface area contributed by atoms with Gasteiger partial charge in [0.15, 0.2) is 0 Å². The molecule has 18 heavy (non-hydrogen) atoms. The highest BCUT2D eigenvalue weighted by Gasteiger charge is 2.05. The van der Waals surface area contributed by atoms with Gasteiger partial charge >= 0.3 is 0 Å². The van der Waals surface area contributed by atoms with Crippen molar-refractivity contribution in [1.82, 2.24) is 15.3 Å². The van der Waals surface area contributed by atoms with E-state index in [9.17, 15) is 0 Å². The smallest absolute Gasteiger partial charge is 0.132 e. The lowest BCUT2D eigenvalue weighted by Crippen LogP contribution is -2.31. The second-order valence-corrected chi connectivity index (χ2v) is 4.28. The molecular formula is C13H24N4O. The second-order valence-electron chi connectivity index (χ2n) is 4.28. The van der Waals surface area contributed by atoms with Crippen LogP contribution in [0.2, 0.25) is 0 Å². The maximum Gasteiger partial charge on any atom is 0.132 e. The van der Waals surface area contributed by atoms with Crippen LogP contribution in [0.3, 0.4) is 0 Å². The molecule has 5 heteroatoms. The predicted molar refractivity (Wildman–Crippen MR) is 74.2 cm³/mol. The van der Waals surface area contributed by atoms with Gasteiger partial charge in [0.05, 0.1) is 6.61 Å². The summed E-state index contributed by atoms with van der Waals surface area (Å²) in [5, 5.41) is 3.32. The minimum atomic E-state index is 0.746. The number of nitrogens with one attached hydrogen (secondary N) is 1. The molecule has 0 saturated heterocycles. The fourth-order valence-electron chi connectivity index (χ4n) is 1.65. The molecule has 0 unspecified atom stereocenters. The zero-order valence-electron chi connectivity index (χ0n) is 11.9. The van der Waals surface area contributed by atoms with Gasteiger partial charge in [-0.05, 0) is 13.3 Å². The molecule has 0 atom stereocenters. The van der Waals surface area contributed by atoms with Crippen molar-refractivity contribution in [2.45, 2.75) is 20.3 Å². The number of nitrogens with zero attached hydrogens (tertiary/aromatic N) is 3. The van der Waals surface area contributed by atoms with E-state index in [4.69, 9.17) is 4.74 Å². The first-order valence-corrected chi connectivity index (χ1v) is 6.42. The summed E-state index contributed by atoms with van der Waals surface area (Å²) in [6.07, 6.45) is 0.941. The summed E-state index contributed by atoms with van der Waals surface area (Å²) in [4.78, 5) is 11.0. The first-order valence-electron chi connectivity index (χ1n) is 6.42. The number of hydrogen-bond donors (Lipinski definition) is 1. The van der Waals surface area contributed by atoms with Crippen molar-refractivity contribution in [2.24, 2.45) is 0 Å². The molecule has 1 aromatic heterocycles. The Morgan fingerprint density at radius 1 is 1.33 bits per heavy atom. The zero-order chi connectivity index (χ0) is 13.4. The molecule has 0 aliphatic rings. The van der Waals surface area contributed by atoms with Crippen LogP contribution < -0.4 is 10.2 Å². The van der Waals surface area contributed by atoms with Crippen molar-refractivity contribution in [3.63, 3.8) is 0 Å². The number of rotatable bonds is 8. The van der Waals surface area contributed by atoms with Crippen molar-refractivity contribution in [3.05, 3.63) is 17.6 Å². The average Bonchev–Trinajstić information content (AvgIpc) is 2.37. The third-order valence-corrected chi connectivity index (χ3v) is 2.74. The van der Waals surface area contributed by atoms with E-state index in [1.165, 1.54) is 0 Å². The molecule has 0 spiro atoms. The molecule has 5 nitrogen and oxygen atoms in total. The van der Waals surface area contributed by atoms with Gasteiger partial charge in [-0.15, -0.1) is 0 Å². The molecule has 0 aliphatic carbocycles. The molecule has 102 valence electrons. The predicted octanol–water partition coefficient (Wildman–Crippen LogP) is 1.02. The van der Waals surface area contributed by atoms with E-state index in [2.05, 4.69) is 40.2 Å². The van der Waals surface area contributed by atoms with Crippen LogP contribution in [0.25, 0.3) is 0 Å². The van der Waals surface area contributed by atoms with Crippen molar-refractivity contribution in [3.8, 4) is 0 Å². The molecule has 0 saturated carbocycles. The van der Waals surface area contributed by atoms with Crippen LogP contribution in [0, 0.1) is 6.92 Å². The highest BCUT2D eigenvalue weighted by molar-refractivity contribution is 5.38. The minimum absolute atomic E-state index is 0.746. The normalized spacial score (nSPS) is 10.7. The fourth-order valence-corrected chi connectivity index (χ4v) is 1.65. The van der Waals surface area contributed by atoms with Crippen LogP contribution in [0.5, 0.6) is 0 Å². The molecular weight excluding hydrogens is 228 g/mol. The van der Waals surface area contributed by atoms with E-state index in [0.29, 0.717) is 0 Å². The lowest BCUT2D eigenvalue weighted by Gasteiger charge is -2.19. The molecule has 1 aromatic rings. The van der Waals surface area contributed by atoms with Crippen molar-refractivity contribution in [1.29, 1.82) is 0 Å². The van der Waals surface area contributed by atoms with E-state index in [1.54, 1.807) is 7.11 Å². The number of aryl methyl sites for hydroxylation is 2. The number of likely N-dealkylation sites (N-methyl/N-ethyl adjacent to an activating group) is 1. The Hall–Kier alpha value is -1.20. The molecule has 0 amide bonds. The Balaban J connectivity index is 2.45. The largest absolute Gasteiger partial charge is 0.383 e. The van der Waals surface area contributed by atoms with Crippen molar-refractivity contribution < 1.29 is 4.74 Å². The zero-order valence-corrected chi connectivity index (χ0v) is 11.9. The number of methoxy groups -OCH3 is 1. The standard InChI is InChI=1S/C13H24N4O/c1-5-12-10-13(16-11(2)15-12)17(3)8-6-14-7-9-18-4/h10,14H,5-9H2,1-4H3. The van der Waals surface area contributed by atoms with Gasteiger partial charge in [-0.25, -0.2) is 9.97 Å². The minimum Gasteiger partial charge on any atom is -0.383 e. The summed E-state index contributed by atoms with van der Waals surface area (Å²) in [5.74, 6) is 1.83. The van der Waals surface area contributed by atoms with Gasteiger partial charge in [0.25, 0.3) is 0 Å². The maximum absolute atomic E-state index is 4.98. The van der Waals surface area contributed by atoms with Crippen LogP contribution >= 0.6 is 0 Å². The third-order valence-electron chi connectivity index (χ3n) is 2.74. The fraction of sp³-hybridized carbons (Fsp3) is 0.692. The third kappa shape index (κ3) is 4.98. The molecule has 1 rings (SSSR count). The Bertz CT molecular complexity index is 357. The van der Waals surface area contributed by atoms with Gasteiger partial charge in [-0.3, -0.25) is 0 Å². The first-order chi connectivity index (χ1) is 8.67. The lowest BCUT2D eigenvalue weighted by atomic mass is 10.3.